The molecule has 116 valence electrons. The summed E-state index contributed by atoms with van der Waals surface area (Å²) in [6.07, 6.45) is 0.736. The Morgan fingerprint density at radius 1 is 1.64 bits per heavy atom. The number of anilines is 1. The van der Waals surface area contributed by atoms with Crippen molar-refractivity contribution in [2.75, 3.05) is 18.0 Å². The van der Waals surface area contributed by atoms with Crippen LogP contribution in [-0.2, 0) is 4.79 Å². The lowest BCUT2D eigenvalue weighted by atomic mass is 10.1. The van der Waals surface area contributed by atoms with Crippen LogP contribution in [0.2, 0.25) is 0 Å². The maximum absolute atomic E-state index is 11.6. The third-order valence-corrected chi connectivity index (χ3v) is 3.60. The van der Waals surface area contributed by atoms with Gasteiger partial charge in [-0.25, -0.2) is 0 Å². The minimum atomic E-state index is -0.567. The molecule has 8 heteroatoms. The molecule has 1 aliphatic rings. The van der Waals surface area contributed by atoms with Crippen LogP contribution in [0.25, 0.3) is 0 Å². The van der Waals surface area contributed by atoms with Crippen molar-refractivity contribution in [2.24, 2.45) is 5.73 Å². The normalized spacial score (nSPS) is 18.6. The Kier molecular flexibility index (Phi) is 4.58. The van der Waals surface area contributed by atoms with Gasteiger partial charge in [-0.05, 0) is 19.4 Å². The van der Waals surface area contributed by atoms with Gasteiger partial charge in [-0.3, -0.25) is 14.9 Å². The summed E-state index contributed by atoms with van der Waals surface area (Å²) in [6, 6.07) is 5.60. The van der Waals surface area contributed by atoms with Gasteiger partial charge in [0.25, 0.3) is 5.69 Å². The Morgan fingerprint density at radius 2 is 2.36 bits per heavy atom. The minimum Gasteiger partial charge on any atom is -0.368 e. The third kappa shape index (κ3) is 3.32. The summed E-state index contributed by atoms with van der Waals surface area (Å²) in [4.78, 5) is 23.8. The molecule has 1 aliphatic heterocycles. The van der Waals surface area contributed by atoms with E-state index in [1.54, 1.807) is 13.0 Å². The molecule has 3 N–H and O–H groups in total. The largest absolute Gasteiger partial charge is 0.368 e. The molecule has 0 unspecified atom stereocenters. The van der Waals surface area contributed by atoms with E-state index >= 15 is 0 Å². The number of benzene rings is 1. The predicted octanol–water partition coefficient (Wildman–Crippen LogP) is 0.509. The van der Waals surface area contributed by atoms with Gasteiger partial charge in [0.15, 0.2) is 0 Å². The monoisotopic (exact) mass is 303 g/mol. The molecule has 22 heavy (non-hydrogen) atoms. The number of nitrogens with zero attached hydrogens (tertiary/aromatic N) is 3. The predicted molar refractivity (Wildman–Crippen MR) is 80.2 cm³/mol. The maximum atomic E-state index is 11.6. The third-order valence-electron chi connectivity index (χ3n) is 3.60. The highest BCUT2D eigenvalue weighted by atomic mass is 16.6. The van der Waals surface area contributed by atoms with Gasteiger partial charge in [0.05, 0.1) is 22.2 Å². The molecule has 8 nitrogen and oxygen atoms in total. The van der Waals surface area contributed by atoms with Crippen molar-refractivity contribution >= 4 is 17.3 Å². The number of non-ortho nitro benzene ring substituents is 1. The molecule has 0 spiro atoms. The van der Waals surface area contributed by atoms with Crippen molar-refractivity contribution in [3.63, 3.8) is 0 Å². The maximum Gasteiger partial charge on any atom is 0.270 e. The molecule has 2 rings (SSSR count). The summed E-state index contributed by atoms with van der Waals surface area (Å²) in [5.74, 6) is -0.212. The van der Waals surface area contributed by atoms with Gasteiger partial charge in [-0.2, -0.15) is 5.26 Å². The van der Waals surface area contributed by atoms with E-state index < -0.39 is 11.0 Å². The van der Waals surface area contributed by atoms with Crippen molar-refractivity contribution < 1.29 is 9.72 Å². The van der Waals surface area contributed by atoms with Crippen LogP contribution in [0.5, 0.6) is 0 Å². The number of amides is 1. The molecule has 1 saturated heterocycles. The van der Waals surface area contributed by atoms with Crippen LogP contribution in [0.3, 0.4) is 0 Å². The number of nitrogens with one attached hydrogen (secondary N) is 1. The number of rotatable bonds is 4. The number of hydrogen-bond acceptors (Lipinski definition) is 6. The molecule has 1 heterocycles. The lowest BCUT2D eigenvalue weighted by Crippen LogP contribution is -2.44. The first-order chi connectivity index (χ1) is 10.4. The van der Waals surface area contributed by atoms with Crippen molar-refractivity contribution in [3.8, 4) is 6.07 Å². The zero-order valence-electron chi connectivity index (χ0n) is 12.2. The van der Waals surface area contributed by atoms with Crippen molar-refractivity contribution in [3.05, 3.63) is 33.9 Å². The summed E-state index contributed by atoms with van der Waals surface area (Å²) >= 11 is 0. The van der Waals surface area contributed by atoms with E-state index in [2.05, 4.69) is 5.32 Å². The van der Waals surface area contributed by atoms with Gasteiger partial charge >= 0.3 is 0 Å². The molecule has 1 amide bonds. The van der Waals surface area contributed by atoms with Crippen LogP contribution in [-0.4, -0.2) is 36.0 Å². The van der Waals surface area contributed by atoms with Gasteiger partial charge < -0.3 is 16.0 Å². The number of nitrogens with two attached hydrogens (primary N) is 1. The van der Waals surface area contributed by atoms with E-state index in [1.807, 2.05) is 11.0 Å². The van der Waals surface area contributed by atoms with E-state index in [0.717, 1.165) is 6.42 Å². The van der Waals surface area contributed by atoms with E-state index in [9.17, 15) is 20.2 Å². The summed E-state index contributed by atoms with van der Waals surface area (Å²) in [7, 11) is 0. The average molecular weight is 303 g/mol. The number of nitriles is 1. The van der Waals surface area contributed by atoms with Crippen LogP contribution in [0.15, 0.2) is 18.2 Å². The zero-order valence-corrected chi connectivity index (χ0v) is 12.2. The Bertz CT molecular complexity index is 638. The number of carbonyl (C=O) groups excluding carboxylic acids is 1. The standard InChI is InChI=1S/C14H17N5O3/c1-9(16)14(20)17-11-4-5-18(8-11)13-3-2-12(19(21)22)6-10(13)7-15/h2-3,6,9,11H,4-5,8,16H2,1H3,(H,17,20)/t9-,11-/m0/s1. The number of nitro groups is 1. The number of carbonyl (C=O) groups is 1. The second kappa shape index (κ2) is 6.41. The van der Waals surface area contributed by atoms with E-state index in [1.165, 1.54) is 12.1 Å². The van der Waals surface area contributed by atoms with Crippen molar-refractivity contribution in [1.29, 1.82) is 5.26 Å². The zero-order chi connectivity index (χ0) is 16.3. The quantitative estimate of drug-likeness (QED) is 0.616. The number of nitro benzene ring substituents is 1. The molecule has 0 bridgehead atoms. The summed E-state index contributed by atoms with van der Waals surface area (Å²) < 4.78 is 0. The second-order valence-corrected chi connectivity index (χ2v) is 5.30. The lowest BCUT2D eigenvalue weighted by Gasteiger charge is -2.20. The van der Waals surface area contributed by atoms with Gasteiger partial charge in [0, 0.05) is 31.3 Å². The SMILES string of the molecule is C[C@H](N)C(=O)N[C@H]1CCN(c2ccc([N+](=O)[O-])cc2C#N)C1. The van der Waals surface area contributed by atoms with Crippen LogP contribution < -0.4 is 16.0 Å². The fourth-order valence-electron chi connectivity index (χ4n) is 2.43. The Balaban J connectivity index is 2.12. The Labute approximate surface area is 127 Å². The van der Waals surface area contributed by atoms with E-state index in [0.29, 0.717) is 18.8 Å². The smallest absolute Gasteiger partial charge is 0.270 e. The fourth-order valence-corrected chi connectivity index (χ4v) is 2.43. The Morgan fingerprint density at radius 3 is 2.95 bits per heavy atom. The first kappa shape index (κ1) is 15.7. The van der Waals surface area contributed by atoms with Gasteiger partial charge in [0.2, 0.25) is 5.91 Å². The molecule has 1 fully saturated rings. The highest BCUT2D eigenvalue weighted by Gasteiger charge is 2.27. The average Bonchev–Trinajstić information content (AvgIpc) is 2.94. The lowest BCUT2D eigenvalue weighted by molar-refractivity contribution is -0.384. The van der Waals surface area contributed by atoms with Crippen molar-refractivity contribution in [1.82, 2.24) is 5.32 Å². The van der Waals surface area contributed by atoms with Crippen molar-refractivity contribution in [2.45, 2.75) is 25.4 Å². The molecule has 1 aromatic carbocycles. The molecule has 1 aromatic rings. The fraction of sp³-hybridized carbons (Fsp3) is 0.429. The van der Waals surface area contributed by atoms with Gasteiger partial charge in [-0.15, -0.1) is 0 Å². The highest BCUT2D eigenvalue weighted by molar-refractivity contribution is 5.81. The Hall–Kier alpha value is -2.66. The molecular weight excluding hydrogens is 286 g/mol. The molecule has 0 aromatic heterocycles. The number of hydrogen-bond donors (Lipinski definition) is 2. The summed E-state index contributed by atoms with van der Waals surface area (Å²) in [6.45, 7) is 2.83. The summed E-state index contributed by atoms with van der Waals surface area (Å²) in [5, 5.41) is 22.8. The van der Waals surface area contributed by atoms with Gasteiger partial charge in [0.1, 0.15) is 6.07 Å². The van der Waals surface area contributed by atoms with Crippen LogP contribution in [0.1, 0.15) is 18.9 Å². The van der Waals surface area contributed by atoms with E-state index in [4.69, 9.17) is 5.73 Å². The van der Waals surface area contributed by atoms with Crippen LogP contribution in [0.4, 0.5) is 11.4 Å². The first-order valence-corrected chi connectivity index (χ1v) is 6.92. The minimum absolute atomic E-state index is 0.0414. The van der Waals surface area contributed by atoms with Crippen LogP contribution >= 0.6 is 0 Å². The molecular formula is C14H17N5O3. The topological polar surface area (TPSA) is 125 Å². The molecule has 0 saturated carbocycles. The molecule has 2 atom stereocenters. The van der Waals surface area contributed by atoms with E-state index in [-0.39, 0.29) is 23.2 Å². The second-order valence-electron chi connectivity index (χ2n) is 5.30. The van der Waals surface area contributed by atoms with Gasteiger partial charge in [-0.1, -0.05) is 0 Å². The van der Waals surface area contributed by atoms with Crippen LogP contribution in [0, 0.1) is 21.4 Å². The molecule has 0 aliphatic carbocycles. The molecule has 0 radical (unpaired) electrons. The summed E-state index contributed by atoms with van der Waals surface area (Å²) in [5.41, 5.74) is 6.31. The highest BCUT2D eigenvalue weighted by Crippen LogP contribution is 2.27. The first-order valence-electron chi connectivity index (χ1n) is 6.92.